The van der Waals surface area contributed by atoms with Gasteiger partial charge in [0.05, 0.1) is 19.9 Å². The molecule has 1 N–H and O–H groups in total. The Morgan fingerprint density at radius 3 is 2.24 bits per heavy atom. The van der Waals surface area contributed by atoms with E-state index < -0.39 is 0 Å². The first-order valence-electron chi connectivity index (χ1n) is 6.10. The SMILES string of the molecule is COc1cc(-n2nc3ccc(Cl)cc3n2)cc(OC)c1O. The molecule has 21 heavy (non-hydrogen) atoms. The van der Waals surface area contributed by atoms with Crippen molar-refractivity contribution in [1.82, 2.24) is 15.0 Å². The van der Waals surface area contributed by atoms with Crippen LogP contribution in [0, 0.1) is 0 Å². The molecule has 2 aromatic carbocycles. The van der Waals surface area contributed by atoms with Gasteiger partial charge in [0.2, 0.25) is 5.75 Å². The zero-order valence-corrected chi connectivity index (χ0v) is 12.1. The van der Waals surface area contributed by atoms with E-state index in [-0.39, 0.29) is 17.2 Å². The smallest absolute Gasteiger partial charge is 0.200 e. The van der Waals surface area contributed by atoms with E-state index in [2.05, 4.69) is 10.2 Å². The van der Waals surface area contributed by atoms with Crippen molar-refractivity contribution in [3.8, 4) is 22.9 Å². The Morgan fingerprint density at radius 1 is 1.00 bits per heavy atom. The topological polar surface area (TPSA) is 69.4 Å². The van der Waals surface area contributed by atoms with Crippen molar-refractivity contribution in [3.05, 3.63) is 35.4 Å². The van der Waals surface area contributed by atoms with Gasteiger partial charge in [-0.25, -0.2) is 0 Å². The number of halogens is 1. The van der Waals surface area contributed by atoms with E-state index in [1.807, 2.05) is 0 Å². The highest BCUT2D eigenvalue weighted by Crippen LogP contribution is 2.38. The number of aromatic hydroxyl groups is 1. The summed E-state index contributed by atoms with van der Waals surface area (Å²) in [7, 11) is 2.93. The Balaban J connectivity index is 2.17. The zero-order chi connectivity index (χ0) is 15.0. The normalized spacial score (nSPS) is 10.8. The van der Waals surface area contributed by atoms with Crippen LogP contribution < -0.4 is 9.47 Å². The Hall–Kier alpha value is -2.47. The first kappa shape index (κ1) is 13.5. The van der Waals surface area contributed by atoms with Crippen molar-refractivity contribution < 1.29 is 14.6 Å². The lowest BCUT2D eigenvalue weighted by Gasteiger charge is -2.10. The maximum atomic E-state index is 9.92. The van der Waals surface area contributed by atoms with Gasteiger partial charge >= 0.3 is 0 Å². The summed E-state index contributed by atoms with van der Waals surface area (Å²) in [4.78, 5) is 1.44. The fourth-order valence-electron chi connectivity index (χ4n) is 2.00. The van der Waals surface area contributed by atoms with Gasteiger partial charge < -0.3 is 14.6 Å². The van der Waals surface area contributed by atoms with Crippen molar-refractivity contribution >= 4 is 22.6 Å². The summed E-state index contributed by atoms with van der Waals surface area (Å²) in [5.41, 5.74) is 1.99. The summed E-state index contributed by atoms with van der Waals surface area (Å²) in [6.07, 6.45) is 0. The van der Waals surface area contributed by atoms with Gasteiger partial charge in [-0.05, 0) is 18.2 Å². The van der Waals surface area contributed by atoms with Gasteiger partial charge in [0.25, 0.3) is 0 Å². The molecule has 3 rings (SSSR count). The molecule has 0 aliphatic rings. The van der Waals surface area contributed by atoms with Crippen molar-refractivity contribution in [2.24, 2.45) is 0 Å². The minimum atomic E-state index is -0.0662. The molecule has 0 aliphatic carbocycles. The number of ether oxygens (including phenoxy) is 2. The minimum Gasteiger partial charge on any atom is -0.502 e. The third-order valence-electron chi connectivity index (χ3n) is 3.04. The van der Waals surface area contributed by atoms with E-state index in [1.165, 1.54) is 19.0 Å². The Morgan fingerprint density at radius 2 is 1.62 bits per heavy atom. The third kappa shape index (κ3) is 2.34. The lowest BCUT2D eigenvalue weighted by molar-refractivity contribution is 0.339. The highest BCUT2D eigenvalue weighted by atomic mass is 35.5. The van der Waals surface area contributed by atoms with E-state index in [0.29, 0.717) is 21.7 Å². The molecule has 0 aliphatic heterocycles. The summed E-state index contributed by atoms with van der Waals surface area (Å²) in [5.74, 6) is 0.496. The predicted octanol–water partition coefficient (Wildman–Crippen LogP) is 2.80. The number of hydrogen-bond acceptors (Lipinski definition) is 5. The van der Waals surface area contributed by atoms with Gasteiger partial charge in [-0.3, -0.25) is 0 Å². The minimum absolute atomic E-state index is 0.0662. The molecule has 0 amide bonds. The second-order valence-corrected chi connectivity index (χ2v) is 4.76. The summed E-state index contributed by atoms with van der Waals surface area (Å²) in [6.45, 7) is 0. The van der Waals surface area contributed by atoms with E-state index in [0.717, 1.165) is 0 Å². The van der Waals surface area contributed by atoms with Gasteiger partial charge in [0.1, 0.15) is 11.0 Å². The maximum Gasteiger partial charge on any atom is 0.200 e. The van der Waals surface area contributed by atoms with E-state index in [1.54, 1.807) is 30.3 Å². The van der Waals surface area contributed by atoms with Gasteiger partial charge in [-0.1, -0.05) is 11.6 Å². The number of fused-ring (bicyclic) bond motifs is 1. The molecule has 6 nitrogen and oxygen atoms in total. The number of methoxy groups -OCH3 is 2. The van der Waals surface area contributed by atoms with Gasteiger partial charge in [-0.15, -0.1) is 10.2 Å². The number of phenolic OH excluding ortho intramolecular Hbond substituents is 1. The molecule has 1 heterocycles. The molecule has 0 atom stereocenters. The molecule has 0 bridgehead atoms. The second kappa shape index (κ2) is 5.14. The molecule has 7 heteroatoms. The molecule has 0 radical (unpaired) electrons. The summed E-state index contributed by atoms with van der Waals surface area (Å²) in [6, 6.07) is 8.52. The zero-order valence-electron chi connectivity index (χ0n) is 11.4. The molecule has 108 valence electrons. The monoisotopic (exact) mass is 305 g/mol. The van der Waals surface area contributed by atoms with E-state index >= 15 is 0 Å². The summed E-state index contributed by atoms with van der Waals surface area (Å²) >= 11 is 5.94. The van der Waals surface area contributed by atoms with Gasteiger partial charge in [0.15, 0.2) is 11.5 Å². The second-order valence-electron chi connectivity index (χ2n) is 4.32. The lowest BCUT2D eigenvalue weighted by Crippen LogP contribution is -2.00. The lowest BCUT2D eigenvalue weighted by atomic mass is 10.2. The quantitative estimate of drug-likeness (QED) is 0.806. The number of benzene rings is 2. The summed E-state index contributed by atoms with van der Waals surface area (Å²) in [5, 5.41) is 19.2. The number of rotatable bonds is 3. The highest BCUT2D eigenvalue weighted by Gasteiger charge is 2.14. The molecular weight excluding hydrogens is 294 g/mol. The first-order valence-corrected chi connectivity index (χ1v) is 6.48. The average Bonchev–Trinajstić information content (AvgIpc) is 2.90. The van der Waals surface area contributed by atoms with Crippen LogP contribution in [-0.2, 0) is 0 Å². The molecule has 0 fully saturated rings. The van der Waals surface area contributed by atoms with Crippen LogP contribution in [0.3, 0.4) is 0 Å². The molecule has 0 spiro atoms. The van der Waals surface area contributed by atoms with E-state index in [4.69, 9.17) is 21.1 Å². The highest BCUT2D eigenvalue weighted by molar-refractivity contribution is 6.31. The van der Waals surface area contributed by atoms with Crippen LogP contribution in [0.2, 0.25) is 5.02 Å². The van der Waals surface area contributed by atoms with Crippen molar-refractivity contribution in [3.63, 3.8) is 0 Å². The number of aromatic nitrogens is 3. The third-order valence-corrected chi connectivity index (χ3v) is 3.27. The molecular formula is C14H12ClN3O3. The largest absolute Gasteiger partial charge is 0.502 e. The Labute approximate surface area is 125 Å². The number of nitrogens with zero attached hydrogens (tertiary/aromatic N) is 3. The van der Waals surface area contributed by atoms with Gasteiger partial charge in [0, 0.05) is 17.2 Å². The van der Waals surface area contributed by atoms with Crippen LogP contribution in [0.25, 0.3) is 16.7 Å². The van der Waals surface area contributed by atoms with Crippen LogP contribution >= 0.6 is 11.6 Å². The van der Waals surface area contributed by atoms with Crippen LogP contribution in [-0.4, -0.2) is 34.3 Å². The summed E-state index contributed by atoms with van der Waals surface area (Å²) < 4.78 is 10.2. The van der Waals surface area contributed by atoms with E-state index in [9.17, 15) is 5.11 Å². The Bertz CT molecular complexity index is 791. The Kier molecular flexibility index (Phi) is 3.31. The van der Waals surface area contributed by atoms with Crippen LogP contribution in [0.5, 0.6) is 17.2 Å². The van der Waals surface area contributed by atoms with Crippen LogP contribution in [0.15, 0.2) is 30.3 Å². The molecule has 1 aromatic heterocycles. The number of phenols is 1. The molecule has 0 saturated carbocycles. The number of hydrogen-bond donors (Lipinski definition) is 1. The average molecular weight is 306 g/mol. The first-order chi connectivity index (χ1) is 10.1. The molecule has 3 aromatic rings. The maximum absolute atomic E-state index is 9.92. The van der Waals surface area contributed by atoms with Crippen LogP contribution in [0.4, 0.5) is 0 Å². The standard InChI is InChI=1S/C14H12ClN3O3/c1-20-12-6-9(7-13(21-2)14(12)19)18-16-10-4-3-8(15)5-11(10)17-18/h3-7,19H,1-2H3. The predicted molar refractivity (Wildman–Crippen MR) is 78.6 cm³/mol. The van der Waals surface area contributed by atoms with Crippen molar-refractivity contribution in [1.29, 1.82) is 0 Å². The fraction of sp³-hybridized carbons (Fsp3) is 0.143. The molecule has 0 saturated heterocycles. The van der Waals surface area contributed by atoms with Crippen LogP contribution in [0.1, 0.15) is 0 Å². The van der Waals surface area contributed by atoms with Crippen molar-refractivity contribution in [2.75, 3.05) is 14.2 Å². The van der Waals surface area contributed by atoms with Gasteiger partial charge in [-0.2, -0.15) is 4.80 Å². The fourth-order valence-corrected chi connectivity index (χ4v) is 2.16. The molecule has 0 unspecified atom stereocenters. The van der Waals surface area contributed by atoms with Crippen molar-refractivity contribution in [2.45, 2.75) is 0 Å².